The Morgan fingerprint density at radius 1 is 1.17 bits per heavy atom. The minimum absolute atomic E-state index is 0. The number of phenols is 1. The van der Waals surface area contributed by atoms with Gasteiger partial charge in [-0.3, -0.25) is 4.98 Å². The number of alkyl halides is 1. The zero-order valence-corrected chi connectivity index (χ0v) is 21.3. The molecule has 0 amide bonds. The Morgan fingerprint density at radius 3 is 2.50 bits per heavy atom. The van der Waals surface area contributed by atoms with E-state index in [4.69, 9.17) is 22.1 Å². The first kappa shape index (κ1) is 27.0. The number of rotatable bonds is 6. The van der Waals surface area contributed by atoms with Gasteiger partial charge in [0.1, 0.15) is 15.0 Å². The SMILES string of the molecule is COc1ccc(CNC(C)(C)C(N)(I)c2ccnc3cc(Cl)ccc23)c(O)c1.Cl.Cl. The zero-order valence-electron chi connectivity index (χ0n) is 16.8. The van der Waals surface area contributed by atoms with E-state index >= 15 is 0 Å². The van der Waals surface area contributed by atoms with Crippen LogP contribution < -0.4 is 15.8 Å². The molecule has 30 heavy (non-hydrogen) atoms. The molecule has 0 bridgehead atoms. The second kappa shape index (κ2) is 10.5. The lowest BCUT2D eigenvalue weighted by molar-refractivity contribution is 0.305. The van der Waals surface area contributed by atoms with Crippen molar-refractivity contribution in [3.8, 4) is 11.5 Å². The topological polar surface area (TPSA) is 80.4 Å². The summed E-state index contributed by atoms with van der Waals surface area (Å²) in [6.07, 6.45) is 1.75. The molecule has 164 valence electrons. The van der Waals surface area contributed by atoms with Crippen molar-refractivity contribution >= 4 is 69.9 Å². The van der Waals surface area contributed by atoms with Gasteiger partial charge in [-0.25, -0.2) is 0 Å². The molecule has 0 aliphatic rings. The normalized spacial score (nSPS) is 13.1. The number of nitrogens with zero attached hydrogens (tertiary/aromatic N) is 1. The molecule has 0 fully saturated rings. The summed E-state index contributed by atoms with van der Waals surface area (Å²) in [5.41, 5.74) is 8.88. The highest BCUT2D eigenvalue weighted by molar-refractivity contribution is 14.1. The number of phenolic OH excluding ortho intramolecular Hbond substituents is 1. The minimum Gasteiger partial charge on any atom is -0.507 e. The summed E-state index contributed by atoms with van der Waals surface area (Å²) in [6.45, 7) is 4.55. The third-order valence-corrected chi connectivity index (χ3v) is 7.18. The van der Waals surface area contributed by atoms with Crippen LogP contribution in [0.2, 0.25) is 5.02 Å². The zero-order chi connectivity index (χ0) is 20.5. The van der Waals surface area contributed by atoms with Gasteiger partial charge in [-0.05, 0) is 43.7 Å². The molecule has 0 aliphatic heterocycles. The van der Waals surface area contributed by atoms with E-state index in [9.17, 15) is 5.11 Å². The quantitative estimate of drug-likeness (QED) is 0.201. The molecular weight excluding hydrogens is 560 g/mol. The summed E-state index contributed by atoms with van der Waals surface area (Å²) in [5.74, 6) is 0.798. The van der Waals surface area contributed by atoms with Crippen molar-refractivity contribution in [1.82, 2.24) is 10.3 Å². The lowest BCUT2D eigenvalue weighted by Gasteiger charge is -2.41. The standard InChI is InChI=1S/C21H23ClIN3O2.2ClH/c1-20(2,26-12-13-4-6-15(28-3)11-19(13)27)21(23,24)17-8-9-25-18-10-14(22)5-7-16(17)18;;/h4-11,26-27H,12,24H2,1-3H3;2*1H. The Hall–Kier alpha value is -1.03. The molecule has 0 spiro atoms. The molecule has 0 radical (unpaired) electrons. The minimum atomic E-state index is -0.748. The second-order valence-corrected chi connectivity index (χ2v) is 9.34. The van der Waals surface area contributed by atoms with Crippen LogP contribution in [0.3, 0.4) is 0 Å². The van der Waals surface area contributed by atoms with Gasteiger partial charge in [0, 0.05) is 40.3 Å². The van der Waals surface area contributed by atoms with Crippen molar-refractivity contribution in [2.75, 3.05) is 7.11 Å². The summed E-state index contributed by atoms with van der Waals surface area (Å²) in [4.78, 5) is 4.41. The highest BCUT2D eigenvalue weighted by Crippen LogP contribution is 2.40. The van der Waals surface area contributed by atoms with Gasteiger partial charge in [0.25, 0.3) is 0 Å². The van der Waals surface area contributed by atoms with Gasteiger partial charge in [-0.2, -0.15) is 0 Å². The molecule has 4 N–H and O–H groups in total. The molecule has 1 aromatic heterocycles. The Balaban J connectivity index is 0.00000225. The van der Waals surface area contributed by atoms with Crippen molar-refractivity contribution in [2.45, 2.75) is 29.5 Å². The first-order valence-electron chi connectivity index (χ1n) is 8.79. The van der Waals surface area contributed by atoms with Gasteiger partial charge < -0.3 is 20.9 Å². The molecule has 3 rings (SSSR count). The van der Waals surface area contributed by atoms with E-state index in [1.165, 1.54) is 0 Å². The van der Waals surface area contributed by atoms with Crippen molar-refractivity contribution in [3.63, 3.8) is 0 Å². The number of halogens is 4. The molecule has 2 aromatic carbocycles. The van der Waals surface area contributed by atoms with E-state index in [2.05, 4.69) is 32.9 Å². The fraction of sp³-hybridized carbons (Fsp3) is 0.286. The van der Waals surface area contributed by atoms with E-state index in [1.54, 1.807) is 19.4 Å². The molecule has 1 atom stereocenters. The Morgan fingerprint density at radius 2 is 1.87 bits per heavy atom. The van der Waals surface area contributed by atoms with Crippen LogP contribution in [-0.2, 0) is 10.1 Å². The van der Waals surface area contributed by atoms with Gasteiger partial charge in [0.05, 0.1) is 12.6 Å². The van der Waals surface area contributed by atoms with Gasteiger partial charge in [-0.1, -0.05) is 46.3 Å². The summed E-state index contributed by atoms with van der Waals surface area (Å²) >= 11 is 8.39. The first-order chi connectivity index (χ1) is 13.2. The van der Waals surface area contributed by atoms with Crippen molar-refractivity contribution in [2.24, 2.45) is 5.73 Å². The van der Waals surface area contributed by atoms with Crippen molar-refractivity contribution < 1.29 is 9.84 Å². The predicted octanol–water partition coefficient (Wildman–Crippen LogP) is 5.56. The van der Waals surface area contributed by atoms with Crippen LogP contribution in [0.1, 0.15) is 25.0 Å². The highest BCUT2D eigenvalue weighted by Gasteiger charge is 2.42. The number of hydrogen-bond donors (Lipinski definition) is 3. The van der Waals surface area contributed by atoms with Crippen LogP contribution in [0.4, 0.5) is 0 Å². The van der Waals surface area contributed by atoms with E-state index in [1.807, 2.05) is 50.2 Å². The van der Waals surface area contributed by atoms with Crippen LogP contribution in [0.15, 0.2) is 48.7 Å². The van der Waals surface area contributed by atoms with Crippen LogP contribution in [0, 0.1) is 0 Å². The van der Waals surface area contributed by atoms with E-state index < -0.39 is 9.08 Å². The van der Waals surface area contributed by atoms with Crippen LogP contribution in [0.25, 0.3) is 10.9 Å². The fourth-order valence-corrected chi connectivity index (χ4v) is 3.87. The molecule has 3 aromatic rings. The van der Waals surface area contributed by atoms with E-state index in [0.29, 0.717) is 17.3 Å². The van der Waals surface area contributed by atoms with Crippen molar-refractivity contribution in [1.29, 1.82) is 0 Å². The Kier molecular flexibility index (Phi) is 9.47. The average Bonchev–Trinajstić information content (AvgIpc) is 2.66. The number of nitrogens with two attached hydrogens (primary N) is 1. The van der Waals surface area contributed by atoms with Gasteiger partial charge in [0.2, 0.25) is 0 Å². The fourth-order valence-electron chi connectivity index (χ4n) is 3.04. The molecule has 9 heteroatoms. The average molecular weight is 585 g/mol. The molecule has 5 nitrogen and oxygen atoms in total. The third kappa shape index (κ3) is 5.41. The number of benzene rings is 2. The summed E-state index contributed by atoms with van der Waals surface area (Å²) in [5, 5.41) is 15.3. The summed E-state index contributed by atoms with van der Waals surface area (Å²) in [6, 6.07) is 12.8. The smallest absolute Gasteiger partial charge is 0.123 e. The maximum Gasteiger partial charge on any atom is 0.123 e. The molecule has 0 saturated carbocycles. The molecule has 1 heterocycles. The lowest BCUT2D eigenvalue weighted by Crippen LogP contribution is -2.58. The van der Waals surface area contributed by atoms with Crippen LogP contribution >= 0.6 is 59.0 Å². The Bertz CT molecular complexity index is 1020. The number of fused-ring (bicyclic) bond motifs is 1. The largest absolute Gasteiger partial charge is 0.507 e. The number of nitrogens with one attached hydrogen (secondary N) is 1. The maximum absolute atomic E-state index is 10.2. The lowest BCUT2D eigenvalue weighted by atomic mass is 9.87. The molecule has 1 unspecified atom stereocenters. The third-order valence-electron chi connectivity index (χ3n) is 5.02. The number of aromatic hydroxyl groups is 1. The van der Waals surface area contributed by atoms with Crippen LogP contribution in [0.5, 0.6) is 11.5 Å². The van der Waals surface area contributed by atoms with E-state index in [0.717, 1.165) is 22.0 Å². The van der Waals surface area contributed by atoms with Gasteiger partial charge in [-0.15, -0.1) is 24.8 Å². The molecular formula is C21H25Cl3IN3O2. The number of hydrogen-bond acceptors (Lipinski definition) is 5. The molecule has 0 aliphatic carbocycles. The number of methoxy groups -OCH3 is 1. The Labute approximate surface area is 207 Å². The monoisotopic (exact) mass is 583 g/mol. The maximum atomic E-state index is 10.2. The van der Waals surface area contributed by atoms with E-state index in [-0.39, 0.29) is 30.6 Å². The summed E-state index contributed by atoms with van der Waals surface area (Å²) in [7, 11) is 1.57. The number of pyridine rings is 1. The highest BCUT2D eigenvalue weighted by atomic mass is 127. The number of aromatic nitrogens is 1. The first-order valence-corrected chi connectivity index (χ1v) is 10.2. The summed E-state index contributed by atoms with van der Waals surface area (Å²) < 4.78 is 4.39. The van der Waals surface area contributed by atoms with Gasteiger partial charge in [0.15, 0.2) is 0 Å². The van der Waals surface area contributed by atoms with Crippen molar-refractivity contribution in [3.05, 3.63) is 64.8 Å². The second-order valence-electron chi connectivity index (χ2n) is 7.20. The number of ether oxygens (including phenoxy) is 1. The van der Waals surface area contributed by atoms with Gasteiger partial charge >= 0.3 is 0 Å². The van der Waals surface area contributed by atoms with Crippen LogP contribution in [-0.4, -0.2) is 22.7 Å². The molecule has 0 saturated heterocycles. The predicted molar refractivity (Wildman–Crippen MR) is 137 cm³/mol.